The quantitative estimate of drug-likeness (QED) is 0.778. The molecule has 0 amide bonds. The minimum Gasteiger partial charge on any atom is -0.506 e. The first-order valence-corrected chi connectivity index (χ1v) is 7.03. The average molecular weight is 298 g/mol. The Morgan fingerprint density at radius 1 is 1.24 bits per heavy atom. The van der Waals surface area contributed by atoms with Crippen LogP contribution in [0.25, 0.3) is 0 Å². The summed E-state index contributed by atoms with van der Waals surface area (Å²) in [6, 6.07) is 2.10. The molecule has 2 nitrogen and oxygen atoms in total. The van der Waals surface area contributed by atoms with E-state index in [0.29, 0.717) is 5.75 Å². The highest BCUT2D eigenvalue weighted by Crippen LogP contribution is 2.40. The maximum atomic E-state index is 10.3. The molecular formula is C14H20BrNO. The lowest BCUT2D eigenvalue weighted by Gasteiger charge is -2.24. The molecule has 2 rings (SSSR count). The van der Waals surface area contributed by atoms with E-state index in [1.807, 2.05) is 13.8 Å². The Kier molecular flexibility index (Phi) is 3.50. The van der Waals surface area contributed by atoms with Crippen LogP contribution in [0.1, 0.15) is 49.8 Å². The van der Waals surface area contributed by atoms with E-state index in [2.05, 4.69) is 22.0 Å². The third-order valence-corrected chi connectivity index (χ3v) is 4.36. The zero-order chi connectivity index (χ0) is 12.6. The second kappa shape index (κ2) is 4.62. The highest BCUT2D eigenvalue weighted by Gasteiger charge is 2.24. The summed E-state index contributed by atoms with van der Waals surface area (Å²) in [6.07, 6.45) is 5.85. The van der Waals surface area contributed by atoms with Crippen LogP contribution >= 0.6 is 15.9 Å². The fourth-order valence-corrected chi connectivity index (χ4v) is 3.18. The smallest absolute Gasteiger partial charge is 0.135 e. The molecule has 0 unspecified atom stereocenters. The fraction of sp³-hybridized carbons (Fsp3) is 0.571. The van der Waals surface area contributed by atoms with Gasteiger partial charge in [0.1, 0.15) is 5.75 Å². The molecule has 3 N–H and O–H groups in total. The number of fused-ring (bicyclic) bond motifs is 1. The van der Waals surface area contributed by atoms with E-state index in [0.717, 1.165) is 22.9 Å². The molecule has 17 heavy (non-hydrogen) atoms. The van der Waals surface area contributed by atoms with Crippen molar-refractivity contribution in [2.45, 2.75) is 51.5 Å². The van der Waals surface area contributed by atoms with Gasteiger partial charge in [0.2, 0.25) is 0 Å². The molecule has 1 aromatic rings. The lowest BCUT2D eigenvalue weighted by molar-refractivity contribution is 0.436. The van der Waals surface area contributed by atoms with Crippen LogP contribution in [0.4, 0.5) is 0 Å². The third kappa shape index (κ3) is 2.50. The van der Waals surface area contributed by atoms with Gasteiger partial charge in [-0.1, -0.05) is 6.42 Å². The van der Waals surface area contributed by atoms with Crippen LogP contribution in [-0.2, 0) is 18.4 Å². The van der Waals surface area contributed by atoms with Crippen molar-refractivity contribution < 1.29 is 5.11 Å². The first-order chi connectivity index (χ1) is 7.91. The van der Waals surface area contributed by atoms with Gasteiger partial charge in [0, 0.05) is 11.1 Å². The van der Waals surface area contributed by atoms with Gasteiger partial charge in [-0.2, -0.15) is 0 Å². The second-order valence-electron chi connectivity index (χ2n) is 5.51. The van der Waals surface area contributed by atoms with E-state index in [9.17, 15) is 5.11 Å². The van der Waals surface area contributed by atoms with E-state index >= 15 is 0 Å². The van der Waals surface area contributed by atoms with E-state index in [-0.39, 0.29) is 0 Å². The van der Waals surface area contributed by atoms with Gasteiger partial charge in [-0.3, -0.25) is 0 Å². The van der Waals surface area contributed by atoms with Crippen molar-refractivity contribution in [3.8, 4) is 5.75 Å². The van der Waals surface area contributed by atoms with Gasteiger partial charge in [0.05, 0.1) is 4.47 Å². The predicted octanol–water partition coefficient (Wildman–Crippen LogP) is 3.62. The summed E-state index contributed by atoms with van der Waals surface area (Å²) in [7, 11) is 0. The summed E-state index contributed by atoms with van der Waals surface area (Å²) in [6.45, 7) is 3.86. The zero-order valence-corrected chi connectivity index (χ0v) is 12.1. The van der Waals surface area contributed by atoms with Gasteiger partial charge >= 0.3 is 0 Å². The van der Waals surface area contributed by atoms with Gasteiger partial charge < -0.3 is 10.8 Å². The molecule has 0 bridgehead atoms. The number of phenols is 1. The SMILES string of the molecule is CC(C)(N)c1cc2c(c(Br)c1O)CCCCC2. The van der Waals surface area contributed by atoms with Crippen molar-refractivity contribution in [2.24, 2.45) is 5.73 Å². The Hall–Kier alpha value is -0.540. The molecule has 0 saturated carbocycles. The molecular weight excluding hydrogens is 278 g/mol. The van der Waals surface area contributed by atoms with Crippen LogP contribution in [0.5, 0.6) is 5.75 Å². The summed E-state index contributed by atoms with van der Waals surface area (Å²) >= 11 is 3.54. The molecule has 0 atom stereocenters. The number of aryl methyl sites for hydroxylation is 1. The normalized spacial score (nSPS) is 16.5. The Labute approximate surface area is 111 Å². The number of phenolic OH excluding ortho intramolecular Hbond substituents is 1. The number of benzene rings is 1. The molecule has 1 aliphatic rings. The largest absolute Gasteiger partial charge is 0.506 e. The molecule has 1 aliphatic carbocycles. The summed E-state index contributed by atoms with van der Waals surface area (Å²) in [5.74, 6) is 0.318. The van der Waals surface area contributed by atoms with E-state index < -0.39 is 5.54 Å². The molecule has 3 heteroatoms. The van der Waals surface area contributed by atoms with E-state index in [4.69, 9.17) is 5.73 Å². The maximum absolute atomic E-state index is 10.3. The van der Waals surface area contributed by atoms with Crippen molar-refractivity contribution in [3.63, 3.8) is 0 Å². The van der Waals surface area contributed by atoms with E-state index in [1.54, 1.807) is 0 Å². The molecule has 94 valence electrons. The summed E-state index contributed by atoms with van der Waals surface area (Å²) in [5, 5.41) is 10.3. The van der Waals surface area contributed by atoms with E-state index in [1.165, 1.54) is 30.4 Å². The lowest BCUT2D eigenvalue weighted by Crippen LogP contribution is -2.29. The number of rotatable bonds is 1. The monoisotopic (exact) mass is 297 g/mol. The van der Waals surface area contributed by atoms with Gasteiger partial charge in [-0.25, -0.2) is 0 Å². The standard InChI is InChI=1S/C14H20BrNO/c1-14(2,16)11-8-9-6-4-3-5-7-10(9)12(15)13(11)17/h8,17H,3-7,16H2,1-2H3. The number of hydrogen-bond acceptors (Lipinski definition) is 2. The highest BCUT2D eigenvalue weighted by atomic mass is 79.9. The summed E-state index contributed by atoms with van der Waals surface area (Å²) < 4.78 is 0.852. The van der Waals surface area contributed by atoms with Crippen LogP contribution in [0.3, 0.4) is 0 Å². The Morgan fingerprint density at radius 2 is 1.88 bits per heavy atom. The average Bonchev–Trinajstić information content (AvgIpc) is 2.46. The molecule has 0 spiro atoms. The van der Waals surface area contributed by atoms with Crippen LogP contribution in [-0.4, -0.2) is 5.11 Å². The first-order valence-electron chi connectivity index (χ1n) is 6.24. The molecule has 0 aliphatic heterocycles. The van der Waals surface area contributed by atoms with Crippen molar-refractivity contribution in [3.05, 3.63) is 27.2 Å². The number of hydrogen-bond donors (Lipinski definition) is 2. The van der Waals surface area contributed by atoms with Gasteiger partial charge in [0.15, 0.2) is 0 Å². The number of halogens is 1. The summed E-state index contributed by atoms with van der Waals surface area (Å²) in [4.78, 5) is 0. The minimum absolute atomic E-state index is 0.318. The second-order valence-corrected chi connectivity index (χ2v) is 6.30. The van der Waals surface area contributed by atoms with Crippen molar-refractivity contribution >= 4 is 15.9 Å². The van der Waals surface area contributed by atoms with Crippen LogP contribution < -0.4 is 5.73 Å². The van der Waals surface area contributed by atoms with Gasteiger partial charge in [-0.05, 0) is 72.7 Å². The maximum Gasteiger partial charge on any atom is 0.135 e. The minimum atomic E-state index is -0.506. The van der Waals surface area contributed by atoms with Crippen LogP contribution in [0.15, 0.2) is 10.5 Å². The Bertz CT molecular complexity index is 435. The molecule has 0 saturated heterocycles. The fourth-order valence-electron chi connectivity index (χ4n) is 2.51. The Balaban J connectivity index is 2.59. The third-order valence-electron chi connectivity index (χ3n) is 3.50. The van der Waals surface area contributed by atoms with Crippen LogP contribution in [0, 0.1) is 0 Å². The molecule has 1 aromatic carbocycles. The molecule has 0 radical (unpaired) electrons. The van der Waals surface area contributed by atoms with Crippen molar-refractivity contribution in [1.82, 2.24) is 0 Å². The molecule has 0 fully saturated rings. The Morgan fingerprint density at radius 3 is 2.53 bits per heavy atom. The van der Waals surface area contributed by atoms with Crippen molar-refractivity contribution in [1.29, 1.82) is 0 Å². The first kappa shape index (κ1) is 12.9. The van der Waals surface area contributed by atoms with Gasteiger partial charge in [-0.15, -0.1) is 0 Å². The predicted molar refractivity (Wildman–Crippen MR) is 74.3 cm³/mol. The van der Waals surface area contributed by atoms with Crippen LogP contribution in [0.2, 0.25) is 0 Å². The molecule has 0 heterocycles. The zero-order valence-electron chi connectivity index (χ0n) is 10.5. The molecule has 0 aromatic heterocycles. The number of nitrogens with two attached hydrogens (primary N) is 1. The topological polar surface area (TPSA) is 46.2 Å². The van der Waals surface area contributed by atoms with Gasteiger partial charge in [0.25, 0.3) is 0 Å². The lowest BCUT2D eigenvalue weighted by atomic mass is 9.89. The number of aromatic hydroxyl groups is 1. The highest BCUT2D eigenvalue weighted by molar-refractivity contribution is 9.10. The van der Waals surface area contributed by atoms with Crippen molar-refractivity contribution in [2.75, 3.05) is 0 Å². The summed E-state index contributed by atoms with van der Waals surface area (Å²) in [5.41, 5.74) is 9.07.